The number of carbonyl (C=O) groups is 1. The van der Waals surface area contributed by atoms with Crippen LogP contribution in [0.25, 0.3) is 11.1 Å². The van der Waals surface area contributed by atoms with Crippen LogP contribution in [0.15, 0.2) is 22.9 Å². The van der Waals surface area contributed by atoms with Gasteiger partial charge in [0.1, 0.15) is 0 Å². The van der Waals surface area contributed by atoms with Gasteiger partial charge in [0, 0.05) is 5.56 Å². The number of carboxylic acids is 1. The van der Waals surface area contributed by atoms with Crippen LogP contribution >= 0.6 is 0 Å². The van der Waals surface area contributed by atoms with E-state index in [-0.39, 0.29) is 17.0 Å². The first-order chi connectivity index (χ1) is 8.02. The second-order valence-corrected chi connectivity index (χ2v) is 3.20. The molecule has 3 N–H and O–H groups in total. The maximum atomic E-state index is 13.6. The van der Waals surface area contributed by atoms with Gasteiger partial charge in [-0.05, 0) is 6.07 Å². The molecule has 0 fully saturated rings. The first-order valence-corrected chi connectivity index (χ1v) is 4.44. The zero-order valence-electron chi connectivity index (χ0n) is 8.28. The van der Waals surface area contributed by atoms with E-state index < -0.39 is 23.2 Å². The van der Waals surface area contributed by atoms with Gasteiger partial charge in [-0.15, -0.1) is 0 Å². The molecule has 1 aromatic carbocycles. The van der Waals surface area contributed by atoms with Gasteiger partial charge in [0.2, 0.25) is 5.88 Å². The number of carboxylic acid groups (broad SMARTS) is 1. The average molecular weight is 240 g/mol. The maximum absolute atomic E-state index is 13.6. The van der Waals surface area contributed by atoms with E-state index in [2.05, 4.69) is 9.68 Å². The molecule has 0 unspecified atom stereocenters. The van der Waals surface area contributed by atoms with Crippen molar-refractivity contribution in [2.45, 2.75) is 0 Å². The second-order valence-electron chi connectivity index (χ2n) is 3.20. The van der Waals surface area contributed by atoms with Gasteiger partial charge < -0.3 is 15.4 Å². The fourth-order valence-electron chi connectivity index (χ4n) is 1.37. The smallest absolute Gasteiger partial charge is 0.338 e. The molecule has 0 saturated heterocycles. The number of halogens is 2. The van der Waals surface area contributed by atoms with Crippen molar-refractivity contribution in [3.63, 3.8) is 0 Å². The van der Waals surface area contributed by atoms with E-state index in [9.17, 15) is 13.6 Å². The zero-order chi connectivity index (χ0) is 12.6. The minimum Gasteiger partial charge on any atom is -0.478 e. The van der Waals surface area contributed by atoms with E-state index in [1.807, 2.05) is 0 Å². The van der Waals surface area contributed by atoms with Gasteiger partial charge in [-0.2, -0.15) is 0 Å². The molecule has 0 aliphatic heterocycles. The van der Waals surface area contributed by atoms with Gasteiger partial charge in [0.05, 0.1) is 17.3 Å². The maximum Gasteiger partial charge on any atom is 0.338 e. The Morgan fingerprint density at radius 2 is 2.00 bits per heavy atom. The molecule has 88 valence electrons. The number of aromatic carboxylic acids is 1. The van der Waals surface area contributed by atoms with E-state index >= 15 is 0 Å². The van der Waals surface area contributed by atoms with E-state index in [4.69, 9.17) is 10.8 Å². The number of anilines is 1. The lowest BCUT2D eigenvalue weighted by molar-refractivity contribution is 0.0690. The number of nitrogens with zero attached hydrogens (tertiary/aromatic N) is 1. The minimum absolute atomic E-state index is 0.0679. The van der Waals surface area contributed by atoms with Crippen LogP contribution in [0.5, 0.6) is 0 Å². The average Bonchev–Trinajstić information content (AvgIpc) is 2.68. The van der Waals surface area contributed by atoms with E-state index in [1.54, 1.807) is 0 Å². The number of hydrogen-bond acceptors (Lipinski definition) is 4. The van der Waals surface area contributed by atoms with E-state index in [0.29, 0.717) is 0 Å². The van der Waals surface area contributed by atoms with Crippen molar-refractivity contribution in [1.82, 2.24) is 5.16 Å². The number of benzene rings is 1. The van der Waals surface area contributed by atoms with E-state index in [0.717, 1.165) is 18.3 Å². The summed E-state index contributed by atoms with van der Waals surface area (Å²) >= 11 is 0. The molecular weight excluding hydrogens is 234 g/mol. The molecule has 0 radical (unpaired) electrons. The van der Waals surface area contributed by atoms with Crippen LogP contribution in [0.3, 0.4) is 0 Å². The summed E-state index contributed by atoms with van der Waals surface area (Å²) in [5.74, 6) is -4.48. The first kappa shape index (κ1) is 11.1. The van der Waals surface area contributed by atoms with Gasteiger partial charge in [0.15, 0.2) is 11.6 Å². The number of hydrogen-bond donors (Lipinski definition) is 2. The molecule has 0 atom stereocenters. The molecule has 1 heterocycles. The van der Waals surface area contributed by atoms with Crippen LogP contribution in [0, 0.1) is 11.6 Å². The second kappa shape index (κ2) is 3.85. The lowest BCUT2D eigenvalue weighted by atomic mass is 10.0. The summed E-state index contributed by atoms with van der Waals surface area (Å²) in [6.07, 6.45) is 1.12. The summed E-state index contributed by atoms with van der Waals surface area (Å²) in [6, 6.07) is 2.05. The third-order valence-electron chi connectivity index (χ3n) is 2.20. The predicted octanol–water partition coefficient (Wildman–Crippen LogP) is 1.90. The Balaban J connectivity index is 2.63. The quantitative estimate of drug-likeness (QED) is 0.836. The highest BCUT2D eigenvalue weighted by atomic mass is 19.2. The van der Waals surface area contributed by atoms with Crippen molar-refractivity contribution in [1.29, 1.82) is 0 Å². The molecular formula is C10H6F2N2O3. The lowest BCUT2D eigenvalue weighted by Gasteiger charge is -2.04. The summed E-state index contributed by atoms with van der Waals surface area (Å²) in [5.41, 5.74) is 4.47. The summed E-state index contributed by atoms with van der Waals surface area (Å²) in [5, 5.41) is 11.9. The molecule has 0 aliphatic rings. The minimum atomic E-state index is -1.55. The van der Waals surface area contributed by atoms with Crippen molar-refractivity contribution < 1.29 is 23.2 Å². The molecule has 0 bridgehead atoms. The van der Waals surface area contributed by atoms with Crippen molar-refractivity contribution in [3.8, 4) is 11.1 Å². The first-order valence-electron chi connectivity index (χ1n) is 4.44. The SMILES string of the molecule is Nc1oncc1-c1ccc(C(=O)O)c(F)c1F. The fourth-order valence-corrected chi connectivity index (χ4v) is 1.37. The highest BCUT2D eigenvalue weighted by molar-refractivity contribution is 5.89. The fraction of sp³-hybridized carbons (Fsp3) is 0. The predicted molar refractivity (Wildman–Crippen MR) is 53.2 cm³/mol. The van der Waals surface area contributed by atoms with Crippen LogP contribution in [-0.2, 0) is 0 Å². The summed E-state index contributed by atoms with van der Waals surface area (Å²) in [6.45, 7) is 0. The molecule has 7 heteroatoms. The molecule has 2 aromatic rings. The lowest BCUT2D eigenvalue weighted by Crippen LogP contribution is -2.04. The number of nitrogen functional groups attached to an aromatic ring is 1. The number of rotatable bonds is 2. The van der Waals surface area contributed by atoms with Crippen LogP contribution in [0.4, 0.5) is 14.7 Å². The third-order valence-corrected chi connectivity index (χ3v) is 2.20. The largest absolute Gasteiger partial charge is 0.478 e. The molecule has 2 rings (SSSR count). The highest BCUT2D eigenvalue weighted by Crippen LogP contribution is 2.30. The van der Waals surface area contributed by atoms with Crippen molar-refractivity contribution in [2.75, 3.05) is 5.73 Å². The summed E-state index contributed by atoms with van der Waals surface area (Å²) in [4.78, 5) is 10.6. The third kappa shape index (κ3) is 1.71. The summed E-state index contributed by atoms with van der Waals surface area (Å²) < 4.78 is 31.5. The van der Waals surface area contributed by atoms with Crippen LogP contribution in [-0.4, -0.2) is 16.2 Å². The van der Waals surface area contributed by atoms with Gasteiger partial charge in [-0.25, -0.2) is 13.6 Å². The van der Waals surface area contributed by atoms with Crippen LogP contribution in [0.2, 0.25) is 0 Å². The Labute approximate surface area is 93.4 Å². The van der Waals surface area contributed by atoms with Crippen molar-refractivity contribution in [3.05, 3.63) is 35.5 Å². The van der Waals surface area contributed by atoms with E-state index in [1.165, 1.54) is 0 Å². The topological polar surface area (TPSA) is 89.4 Å². The Hall–Kier alpha value is -2.44. The number of aromatic nitrogens is 1. The molecule has 17 heavy (non-hydrogen) atoms. The van der Waals surface area contributed by atoms with Crippen LogP contribution in [0.1, 0.15) is 10.4 Å². The monoisotopic (exact) mass is 240 g/mol. The normalized spacial score (nSPS) is 10.5. The summed E-state index contributed by atoms with van der Waals surface area (Å²) in [7, 11) is 0. The van der Waals surface area contributed by atoms with Crippen molar-refractivity contribution >= 4 is 11.9 Å². The highest BCUT2D eigenvalue weighted by Gasteiger charge is 2.21. The van der Waals surface area contributed by atoms with Gasteiger partial charge in [-0.1, -0.05) is 11.2 Å². The molecule has 1 aromatic heterocycles. The molecule has 0 amide bonds. The number of nitrogens with two attached hydrogens (primary N) is 1. The molecule has 0 saturated carbocycles. The molecule has 0 aliphatic carbocycles. The van der Waals surface area contributed by atoms with Gasteiger partial charge >= 0.3 is 5.97 Å². The van der Waals surface area contributed by atoms with Crippen molar-refractivity contribution in [2.24, 2.45) is 0 Å². The molecule has 0 spiro atoms. The Morgan fingerprint density at radius 1 is 1.29 bits per heavy atom. The molecule has 5 nitrogen and oxygen atoms in total. The van der Waals surface area contributed by atoms with Crippen LogP contribution < -0.4 is 5.73 Å². The Kier molecular flexibility index (Phi) is 2.51. The van der Waals surface area contributed by atoms with Gasteiger partial charge in [0.25, 0.3) is 0 Å². The Bertz CT molecular complexity index is 595. The zero-order valence-corrected chi connectivity index (χ0v) is 8.28. The van der Waals surface area contributed by atoms with Gasteiger partial charge in [-0.3, -0.25) is 0 Å². The standard InChI is InChI=1S/C10H6F2N2O3/c11-7-4(6-3-14-17-9(6)13)1-2-5(8(7)12)10(15)16/h1-3H,13H2,(H,15,16). The Morgan fingerprint density at radius 3 is 2.53 bits per heavy atom.